The smallest absolute Gasteiger partial charge is 0.303 e. The van der Waals surface area contributed by atoms with Crippen LogP contribution in [0.15, 0.2) is 41.4 Å². The number of halogens is 1. The zero-order valence-corrected chi connectivity index (χ0v) is 23.5. The number of guanidine groups is 1. The first-order valence-electron chi connectivity index (χ1n) is 13.5. The number of Topliss-reactive ketones (excluding diaryl/α,β-unsaturated/α-hetero) is 1. The van der Waals surface area contributed by atoms with E-state index in [1.807, 2.05) is 0 Å². The number of hydrogen-bond donors (Lipinski definition) is 6. The number of carbonyl (C=O) groups excluding carboxylic acids is 2. The molecule has 222 valence electrons. The van der Waals surface area contributed by atoms with E-state index in [4.69, 9.17) is 16.3 Å². The number of rotatable bonds is 10. The minimum Gasteiger partial charge on any atom is -0.508 e. The van der Waals surface area contributed by atoms with Crippen LogP contribution in [0.25, 0.3) is 0 Å². The van der Waals surface area contributed by atoms with E-state index in [1.54, 1.807) is 18.2 Å². The fraction of sp³-hybridized carbons (Fsp3) is 0.414. The highest BCUT2D eigenvalue weighted by atomic mass is 35.5. The molecule has 0 aliphatic carbocycles. The van der Waals surface area contributed by atoms with Crippen molar-refractivity contribution >= 4 is 40.9 Å². The van der Waals surface area contributed by atoms with Gasteiger partial charge in [0.2, 0.25) is 0 Å². The molecule has 2 aromatic rings. The monoisotopic (exact) mass is 597 g/mol. The number of hydrogen-bond acceptors (Lipinski definition) is 10. The molecule has 12 nitrogen and oxygen atoms in total. The van der Waals surface area contributed by atoms with Crippen molar-refractivity contribution in [2.45, 2.75) is 43.1 Å². The van der Waals surface area contributed by atoms with Crippen molar-refractivity contribution in [3.05, 3.63) is 58.1 Å². The van der Waals surface area contributed by atoms with Crippen LogP contribution in [0.5, 0.6) is 5.75 Å². The van der Waals surface area contributed by atoms with E-state index in [9.17, 15) is 35.0 Å². The number of aliphatic imine (C=N–C) groups is 1. The number of carbonyl (C=O) groups is 3. The van der Waals surface area contributed by atoms with Gasteiger partial charge in [0.05, 0.1) is 37.1 Å². The Morgan fingerprint density at radius 3 is 2.60 bits per heavy atom. The maximum Gasteiger partial charge on any atom is 0.303 e. The summed E-state index contributed by atoms with van der Waals surface area (Å²) < 4.78 is 5.42. The fourth-order valence-corrected chi connectivity index (χ4v) is 5.27. The Balaban J connectivity index is 1.44. The highest BCUT2D eigenvalue weighted by Crippen LogP contribution is 2.38. The van der Waals surface area contributed by atoms with Gasteiger partial charge in [-0.25, -0.2) is 0 Å². The summed E-state index contributed by atoms with van der Waals surface area (Å²) in [6.45, 7) is 0.967. The molecule has 0 saturated carbocycles. The Kier molecular flexibility index (Phi) is 10.0. The third-order valence-electron chi connectivity index (χ3n) is 7.25. The van der Waals surface area contributed by atoms with Gasteiger partial charge in [0.1, 0.15) is 5.75 Å². The van der Waals surface area contributed by atoms with Gasteiger partial charge >= 0.3 is 5.97 Å². The lowest BCUT2D eigenvalue weighted by Gasteiger charge is -2.32. The Hall–Kier alpha value is -4.18. The van der Waals surface area contributed by atoms with Gasteiger partial charge in [0.25, 0.3) is 5.91 Å². The first-order chi connectivity index (χ1) is 20.1. The van der Waals surface area contributed by atoms with E-state index in [-0.39, 0.29) is 37.2 Å². The zero-order valence-electron chi connectivity index (χ0n) is 22.7. The number of nitriles is 1. The summed E-state index contributed by atoms with van der Waals surface area (Å²) >= 11 is 6.39. The number of carboxylic acids is 1. The summed E-state index contributed by atoms with van der Waals surface area (Å²) in [5.74, 6) is -2.68. The molecule has 1 saturated heterocycles. The number of benzene rings is 2. The molecule has 2 aromatic carbocycles. The summed E-state index contributed by atoms with van der Waals surface area (Å²) in [5.41, 5.74) is 0.815. The van der Waals surface area contributed by atoms with Gasteiger partial charge in [-0.15, -0.1) is 0 Å². The number of aliphatic hydroxyl groups is 1. The number of aliphatic hydroxyl groups excluding tert-OH is 1. The highest BCUT2D eigenvalue weighted by molar-refractivity contribution is 6.30. The third-order valence-corrected chi connectivity index (χ3v) is 7.47. The zero-order chi connectivity index (χ0) is 30.3. The number of nitrogens with zero attached hydrogens (tertiary/aromatic N) is 2. The molecule has 0 aromatic heterocycles. The molecule has 1 fully saturated rings. The van der Waals surface area contributed by atoms with Crippen LogP contribution in [0.3, 0.4) is 0 Å². The SMILES string of the molecule is N#CC1(c2cc(Cl)cc([C@H](CC(=O)O)CC(=O)CNC(=O)c3cc(O)cc(NC4=NCC(O)CN4)c3)c2)CCOCC1. The van der Waals surface area contributed by atoms with Crippen molar-refractivity contribution < 1.29 is 34.4 Å². The molecular weight excluding hydrogens is 566 g/mol. The maximum atomic E-state index is 12.9. The number of ketones is 1. The lowest BCUT2D eigenvalue weighted by atomic mass is 9.74. The number of ether oxygens (including phenoxy) is 1. The topological polar surface area (TPSA) is 193 Å². The first-order valence-corrected chi connectivity index (χ1v) is 13.8. The minimum absolute atomic E-state index is 0.0848. The van der Waals surface area contributed by atoms with E-state index in [0.717, 1.165) is 0 Å². The Labute approximate surface area is 247 Å². The van der Waals surface area contributed by atoms with Crippen LogP contribution in [0.4, 0.5) is 5.69 Å². The van der Waals surface area contributed by atoms with Gasteiger partial charge in [0, 0.05) is 54.4 Å². The van der Waals surface area contributed by atoms with Crippen LogP contribution in [-0.4, -0.2) is 77.9 Å². The molecule has 4 rings (SSSR count). The fourth-order valence-electron chi connectivity index (χ4n) is 5.02. The summed E-state index contributed by atoms with van der Waals surface area (Å²) in [4.78, 5) is 41.6. The molecule has 2 aliphatic heterocycles. The van der Waals surface area contributed by atoms with Crippen molar-refractivity contribution in [1.82, 2.24) is 10.6 Å². The normalized spacial score (nSPS) is 18.5. The van der Waals surface area contributed by atoms with Gasteiger partial charge < -0.3 is 36.0 Å². The number of β-amino-alcohol motifs (C(OH)–C–C–N with tert-alkyl or cyclic N) is 1. The quantitative estimate of drug-likeness (QED) is 0.237. The van der Waals surface area contributed by atoms with Crippen molar-refractivity contribution in [3.63, 3.8) is 0 Å². The van der Waals surface area contributed by atoms with Crippen LogP contribution >= 0.6 is 11.6 Å². The van der Waals surface area contributed by atoms with E-state index in [2.05, 4.69) is 27.0 Å². The van der Waals surface area contributed by atoms with Crippen molar-refractivity contribution in [2.75, 3.05) is 38.2 Å². The molecule has 2 heterocycles. The number of aromatic hydroxyl groups is 1. The molecule has 13 heteroatoms. The van der Waals surface area contributed by atoms with Gasteiger partial charge in [-0.3, -0.25) is 19.4 Å². The summed E-state index contributed by atoms with van der Waals surface area (Å²) in [5, 5.41) is 47.9. The van der Waals surface area contributed by atoms with Crippen molar-refractivity contribution in [1.29, 1.82) is 5.26 Å². The second-order valence-electron chi connectivity index (χ2n) is 10.4. The van der Waals surface area contributed by atoms with Gasteiger partial charge in [0.15, 0.2) is 11.7 Å². The largest absolute Gasteiger partial charge is 0.508 e. The molecule has 0 bridgehead atoms. The van der Waals surface area contributed by atoms with Crippen LogP contribution < -0.4 is 16.0 Å². The molecule has 1 unspecified atom stereocenters. The first kappa shape index (κ1) is 30.8. The van der Waals surface area contributed by atoms with Crippen LogP contribution in [0.1, 0.15) is 53.1 Å². The number of anilines is 1. The average molecular weight is 598 g/mol. The lowest BCUT2D eigenvalue weighted by molar-refractivity contribution is -0.137. The van der Waals surface area contributed by atoms with Gasteiger partial charge in [-0.1, -0.05) is 17.7 Å². The number of carboxylic acid groups (broad SMARTS) is 1. The van der Waals surface area contributed by atoms with E-state index < -0.39 is 35.1 Å². The summed E-state index contributed by atoms with van der Waals surface area (Å²) in [7, 11) is 0. The van der Waals surface area contributed by atoms with Crippen LogP contribution in [0, 0.1) is 11.3 Å². The molecule has 6 N–H and O–H groups in total. The number of phenols is 1. The minimum atomic E-state index is -1.11. The number of phenolic OH excluding ortho intramolecular Hbond substituents is 1. The molecule has 0 radical (unpaired) electrons. The molecule has 1 amide bonds. The van der Waals surface area contributed by atoms with Crippen molar-refractivity contribution in [3.8, 4) is 11.8 Å². The molecule has 2 atom stereocenters. The Morgan fingerprint density at radius 2 is 1.93 bits per heavy atom. The molecular formula is C29H32ClN5O7. The highest BCUT2D eigenvalue weighted by Gasteiger charge is 2.35. The maximum absolute atomic E-state index is 12.9. The summed E-state index contributed by atoms with van der Waals surface area (Å²) in [6, 6.07) is 11.5. The standard InChI is InChI=1S/C29H32ClN5O7/c30-21-6-17(5-20(11-21)29(16-31)1-3-42-4-2-29)18(10-26(39)40)8-24(37)13-32-27(41)19-7-22(12-23(36)9-19)35-28-33-14-25(38)15-34-28/h5-7,9,11-12,18,25,36,38H,1-4,8,10,13-15H2,(H,32,41)(H,39,40)(H2,33,34,35)/t18-/m0/s1. The average Bonchev–Trinajstić information content (AvgIpc) is 2.96. The predicted molar refractivity (Wildman–Crippen MR) is 154 cm³/mol. The van der Waals surface area contributed by atoms with E-state index in [1.165, 1.54) is 18.2 Å². The van der Waals surface area contributed by atoms with E-state index in [0.29, 0.717) is 60.4 Å². The Morgan fingerprint density at radius 1 is 1.17 bits per heavy atom. The predicted octanol–water partition coefficient (Wildman–Crippen LogP) is 2.30. The van der Waals surface area contributed by atoms with Gasteiger partial charge in [-0.2, -0.15) is 5.26 Å². The number of amides is 1. The van der Waals surface area contributed by atoms with E-state index >= 15 is 0 Å². The van der Waals surface area contributed by atoms with Crippen molar-refractivity contribution in [2.24, 2.45) is 4.99 Å². The molecule has 0 spiro atoms. The number of nitrogens with one attached hydrogen (secondary N) is 3. The molecule has 2 aliphatic rings. The van der Waals surface area contributed by atoms with Crippen LogP contribution in [-0.2, 0) is 19.7 Å². The Bertz CT molecular complexity index is 1420. The second-order valence-corrected chi connectivity index (χ2v) is 10.9. The second kappa shape index (κ2) is 13.7. The third kappa shape index (κ3) is 7.97. The summed E-state index contributed by atoms with van der Waals surface area (Å²) in [6.07, 6.45) is -0.191. The number of aliphatic carboxylic acids is 1. The lowest BCUT2D eigenvalue weighted by Crippen LogP contribution is -2.42. The molecule has 42 heavy (non-hydrogen) atoms. The van der Waals surface area contributed by atoms with Gasteiger partial charge in [-0.05, 0) is 48.2 Å². The van der Waals surface area contributed by atoms with Crippen LogP contribution in [0.2, 0.25) is 5.02 Å².